The van der Waals surface area contributed by atoms with E-state index in [0.717, 1.165) is 6.42 Å². The van der Waals surface area contributed by atoms with Gasteiger partial charge in [0.05, 0.1) is 19.1 Å². The zero-order chi connectivity index (χ0) is 13.6. The molecule has 2 N–H and O–H groups in total. The Balaban J connectivity index is 2.42. The Morgan fingerprint density at radius 3 is 2.78 bits per heavy atom. The van der Waals surface area contributed by atoms with Crippen LogP contribution in [0.1, 0.15) is 37.5 Å². The van der Waals surface area contributed by atoms with Crippen molar-refractivity contribution in [3.05, 3.63) is 11.7 Å². The zero-order valence-corrected chi connectivity index (χ0v) is 10.0. The van der Waals surface area contributed by atoms with Gasteiger partial charge >= 0.3 is 6.18 Å². The number of hydrogen-bond acceptors (Lipinski definition) is 5. The summed E-state index contributed by atoms with van der Waals surface area (Å²) in [5, 5.41) is 3.54. The normalized spacial score (nSPS) is 13.8. The Kier molecular flexibility index (Phi) is 5.54. The van der Waals surface area contributed by atoms with Crippen LogP contribution in [0.15, 0.2) is 4.52 Å². The highest BCUT2D eigenvalue weighted by Gasteiger charge is 2.28. The number of halogens is 3. The van der Waals surface area contributed by atoms with E-state index in [1.807, 2.05) is 6.92 Å². The topological polar surface area (TPSA) is 74.2 Å². The standard InChI is InChI=1S/C10H16F3N3O2/c1-2-5-17-6-7(14)9-15-8(18-16-9)3-4-10(11,12)13/h7H,2-6,14H2,1H3. The van der Waals surface area contributed by atoms with E-state index in [9.17, 15) is 13.2 Å². The SMILES string of the molecule is CCCOCC(N)c1noc(CCC(F)(F)F)n1. The maximum atomic E-state index is 12.0. The summed E-state index contributed by atoms with van der Waals surface area (Å²) in [5.41, 5.74) is 5.70. The molecule has 104 valence electrons. The largest absolute Gasteiger partial charge is 0.389 e. The van der Waals surface area contributed by atoms with Crippen LogP contribution in [0.25, 0.3) is 0 Å². The van der Waals surface area contributed by atoms with Gasteiger partial charge in [-0.1, -0.05) is 12.1 Å². The van der Waals surface area contributed by atoms with E-state index in [-0.39, 0.29) is 24.7 Å². The van der Waals surface area contributed by atoms with Gasteiger partial charge in [0.1, 0.15) is 0 Å². The highest BCUT2D eigenvalue weighted by atomic mass is 19.4. The molecule has 18 heavy (non-hydrogen) atoms. The van der Waals surface area contributed by atoms with E-state index in [0.29, 0.717) is 6.61 Å². The molecular formula is C10H16F3N3O2. The highest BCUT2D eigenvalue weighted by molar-refractivity contribution is 4.93. The molecular weight excluding hydrogens is 251 g/mol. The second-order valence-corrected chi connectivity index (χ2v) is 3.84. The minimum Gasteiger partial charge on any atom is -0.379 e. The van der Waals surface area contributed by atoms with Gasteiger partial charge in [-0.05, 0) is 6.42 Å². The molecule has 1 atom stereocenters. The minimum atomic E-state index is -4.24. The molecule has 0 amide bonds. The molecule has 0 fully saturated rings. The fraction of sp³-hybridized carbons (Fsp3) is 0.800. The van der Waals surface area contributed by atoms with Gasteiger partial charge in [-0.3, -0.25) is 0 Å². The van der Waals surface area contributed by atoms with Crippen molar-refractivity contribution in [2.75, 3.05) is 13.2 Å². The first kappa shape index (κ1) is 14.9. The number of aryl methyl sites for hydroxylation is 1. The van der Waals surface area contributed by atoms with E-state index < -0.39 is 18.6 Å². The smallest absolute Gasteiger partial charge is 0.379 e. The summed E-state index contributed by atoms with van der Waals surface area (Å²) in [7, 11) is 0. The van der Waals surface area contributed by atoms with Gasteiger partial charge in [-0.25, -0.2) is 0 Å². The number of nitrogens with two attached hydrogens (primary N) is 1. The first-order valence-electron chi connectivity index (χ1n) is 5.65. The first-order valence-corrected chi connectivity index (χ1v) is 5.65. The first-order chi connectivity index (χ1) is 8.42. The number of hydrogen-bond donors (Lipinski definition) is 1. The van der Waals surface area contributed by atoms with E-state index in [1.54, 1.807) is 0 Å². The van der Waals surface area contributed by atoms with Crippen LogP contribution in [-0.4, -0.2) is 29.5 Å². The lowest BCUT2D eigenvalue weighted by molar-refractivity contribution is -0.134. The summed E-state index contributed by atoms with van der Waals surface area (Å²) < 4.78 is 45.8. The molecule has 1 aromatic heterocycles. The van der Waals surface area contributed by atoms with Crippen LogP contribution in [0.3, 0.4) is 0 Å². The van der Waals surface area contributed by atoms with Gasteiger partial charge in [0.2, 0.25) is 5.89 Å². The Labute approximate surface area is 102 Å². The summed E-state index contributed by atoms with van der Waals surface area (Å²) in [6, 6.07) is -0.583. The molecule has 0 aromatic carbocycles. The van der Waals surface area contributed by atoms with Crippen molar-refractivity contribution in [1.29, 1.82) is 0 Å². The van der Waals surface area contributed by atoms with Gasteiger partial charge in [0.25, 0.3) is 0 Å². The predicted octanol–water partition coefficient (Wildman–Crippen LogP) is 1.99. The van der Waals surface area contributed by atoms with Gasteiger partial charge < -0.3 is 15.0 Å². The lowest BCUT2D eigenvalue weighted by Crippen LogP contribution is -2.19. The Morgan fingerprint density at radius 1 is 1.44 bits per heavy atom. The van der Waals surface area contributed by atoms with Crippen molar-refractivity contribution in [2.45, 2.75) is 38.4 Å². The number of nitrogens with zero attached hydrogens (tertiary/aromatic N) is 2. The molecule has 0 bridgehead atoms. The molecule has 1 heterocycles. The number of rotatable bonds is 7. The maximum absolute atomic E-state index is 12.0. The van der Waals surface area contributed by atoms with Crippen molar-refractivity contribution < 1.29 is 22.4 Å². The van der Waals surface area contributed by atoms with Crippen LogP contribution in [0.4, 0.5) is 13.2 Å². The van der Waals surface area contributed by atoms with Crippen LogP contribution >= 0.6 is 0 Å². The Bertz CT molecular complexity index is 354. The summed E-state index contributed by atoms with van der Waals surface area (Å²) in [6.07, 6.45) is -4.70. The second kappa shape index (κ2) is 6.69. The lowest BCUT2D eigenvalue weighted by Gasteiger charge is -2.06. The van der Waals surface area contributed by atoms with Crippen molar-refractivity contribution in [2.24, 2.45) is 5.73 Å². The van der Waals surface area contributed by atoms with E-state index in [1.165, 1.54) is 0 Å². The van der Waals surface area contributed by atoms with Crippen LogP contribution < -0.4 is 5.73 Å². The Morgan fingerprint density at radius 2 is 2.17 bits per heavy atom. The molecule has 0 saturated heterocycles. The quantitative estimate of drug-likeness (QED) is 0.765. The third-order valence-corrected chi connectivity index (χ3v) is 2.08. The van der Waals surface area contributed by atoms with E-state index in [2.05, 4.69) is 10.1 Å². The molecule has 0 aliphatic heterocycles. The van der Waals surface area contributed by atoms with Crippen LogP contribution in [0, 0.1) is 0 Å². The molecule has 0 radical (unpaired) electrons. The fourth-order valence-corrected chi connectivity index (χ4v) is 1.20. The maximum Gasteiger partial charge on any atom is 0.389 e. The van der Waals surface area contributed by atoms with Crippen molar-refractivity contribution in [3.63, 3.8) is 0 Å². The number of alkyl halides is 3. The third-order valence-electron chi connectivity index (χ3n) is 2.08. The fourth-order valence-electron chi connectivity index (χ4n) is 1.20. The molecule has 1 rings (SSSR count). The zero-order valence-electron chi connectivity index (χ0n) is 10.0. The molecule has 1 aromatic rings. The van der Waals surface area contributed by atoms with Crippen LogP contribution in [0.2, 0.25) is 0 Å². The molecule has 8 heteroatoms. The van der Waals surface area contributed by atoms with Crippen molar-refractivity contribution in [3.8, 4) is 0 Å². The minimum absolute atomic E-state index is 0.0618. The molecule has 0 spiro atoms. The number of ether oxygens (including phenoxy) is 1. The van der Waals surface area contributed by atoms with Crippen molar-refractivity contribution in [1.82, 2.24) is 10.1 Å². The average Bonchev–Trinajstić information content (AvgIpc) is 2.74. The van der Waals surface area contributed by atoms with E-state index >= 15 is 0 Å². The molecule has 5 nitrogen and oxygen atoms in total. The third kappa shape index (κ3) is 5.46. The summed E-state index contributed by atoms with van der Waals surface area (Å²) in [5.74, 6) is 0.108. The summed E-state index contributed by atoms with van der Waals surface area (Å²) in [6.45, 7) is 2.73. The Hall–Kier alpha value is -1.15. The number of aromatic nitrogens is 2. The monoisotopic (exact) mass is 267 g/mol. The van der Waals surface area contributed by atoms with Gasteiger partial charge in [0, 0.05) is 13.0 Å². The molecule has 1 unspecified atom stereocenters. The van der Waals surface area contributed by atoms with Crippen molar-refractivity contribution >= 4 is 0 Å². The average molecular weight is 267 g/mol. The summed E-state index contributed by atoms with van der Waals surface area (Å²) >= 11 is 0. The highest BCUT2D eigenvalue weighted by Crippen LogP contribution is 2.21. The van der Waals surface area contributed by atoms with Gasteiger partial charge in [-0.15, -0.1) is 0 Å². The van der Waals surface area contributed by atoms with E-state index in [4.69, 9.17) is 15.0 Å². The second-order valence-electron chi connectivity index (χ2n) is 3.84. The predicted molar refractivity (Wildman–Crippen MR) is 56.7 cm³/mol. The van der Waals surface area contributed by atoms with Gasteiger partial charge in [-0.2, -0.15) is 18.2 Å². The molecule has 0 aliphatic carbocycles. The van der Waals surface area contributed by atoms with Gasteiger partial charge in [0.15, 0.2) is 5.82 Å². The van der Waals surface area contributed by atoms with Crippen LogP contribution in [0.5, 0.6) is 0 Å². The molecule has 0 saturated carbocycles. The van der Waals surface area contributed by atoms with Crippen LogP contribution in [-0.2, 0) is 11.2 Å². The molecule has 0 aliphatic rings. The summed E-state index contributed by atoms with van der Waals surface area (Å²) in [4.78, 5) is 3.81. The lowest BCUT2D eigenvalue weighted by atomic mass is 10.3.